The third-order valence-electron chi connectivity index (χ3n) is 3.24. The maximum Gasteiger partial charge on any atom is 0.00947 e. The number of nitrogens with zero attached hydrogens (tertiary/aromatic N) is 1. The summed E-state index contributed by atoms with van der Waals surface area (Å²) in [7, 11) is 4.44. The van der Waals surface area contributed by atoms with Crippen molar-refractivity contribution in [2.45, 2.75) is 39.2 Å². The summed E-state index contributed by atoms with van der Waals surface area (Å²) in [6.45, 7) is 7.11. The Kier molecular flexibility index (Phi) is 4.90. The van der Waals surface area contributed by atoms with Crippen LogP contribution < -0.4 is 5.32 Å². The Morgan fingerprint density at radius 1 is 1.36 bits per heavy atom. The van der Waals surface area contributed by atoms with Crippen LogP contribution in [0.3, 0.4) is 0 Å². The van der Waals surface area contributed by atoms with Crippen LogP contribution in [0.25, 0.3) is 0 Å². The molecule has 1 fully saturated rings. The molecular formula is C12H26N2. The molecule has 1 saturated heterocycles. The van der Waals surface area contributed by atoms with E-state index in [1.54, 1.807) is 0 Å². The van der Waals surface area contributed by atoms with Gasteiger partial charge < -0.3 is 10.2 Å². The zero-order valence-electron chi connectivity index (χ0n) is 10.2. The number of nitrogens with one attached hydrogen (secondary N) is 1. The van der Waals surface area contributed by atoms with Gasteiger partial charge in [0.25, 0.3) is 0 Å². The molecule has 1 N–H and O–H groups in total. The van der Waals surface area contributed by atoms with E-state index in [9.17, 15) is 0 Å². The van der Waals surface area contributed by atoms with E-state index < -0.39 is 0 Å². The van der Waals surface area contributed by atoms with Gasteiger partial charge in [-0.2, -0.15) is 0 Å². The zero-order chi connectivity index (χ0) is 10.6. The highest BCUT2D eigenvalue weighted by Gasteiger charge is 2.21. The monoisotopic (exact) mass is 198 g/mol. The van der Waals surface area contributed by atoms with Gasteiger partial charge >= 0.3 is 0 Å². The first-order valence-electron chi connectivity index (χ1n) is 5.96. The van der Waals surface area contributed by atoms with Crippen LogP contribution >= 0.6 is 0 Å². The van der Waals surface area contributed by atoms with Crippen LogP contribution in [0.15, 0.2) is 0 Å². The summed E-state index contributed by atoms with van der Waals surface area (Å²) in [6.07, 6.45) is 4.09. The van der Waals surface area contributed by atoms with Crippen molar-refractivity contribution in [1.82, 2.24) is 10.2 Å². The fraction of sp³-hybridized carbons (Fsp3) is 1.00. The molecule has 1 rings (SSSR count). The zero-order valence-corrected chi connectivity index (χ0v) is 10.2. The summed E-state index contributed by atoms with van der Waals surface area (Å²) < 4.78 is 0. The lowest BCUT2D eigenvalue weighted by atomic mass is 9.92. The van der Waals surface area contributed by atoms with Crippen LogP contribution in [0.4, 0.5) is 0 Å². The molecule has 2 heteroatoms. The Balaban J connectivity index is 2.33. The van der Waals surface area contributed by atoms with Crippen molar-refractivity contribution in [3.8, 4) is 0 Å². The van der Waals surface area contributed by atoms with Gasteiger partial charge in [-0.1, -0.05) is 13.8 Å². The number of rotatable bonds is 5. The SMILES string of the molecule is CC(C)CC(CC1CCNC1)N(C)C. The topological polar surface area (TPSA) is 15.3 Å². The lowest BCUT2D eigenvalue weighted by Gasteiger charge is -2.28. The largest absolute Gasteiger partial charge is 0.316 e. The lowest BCUT2D eigenvalue weighted by molar-refractivity contribution is 0.217. The molecule has 1 heterocycles. The number of hydrogen-bond acceptors (Lipinski definition) is 2. The van der Waals surface area contributed by atoms with E-state index in [1.807, 2.05) is 0 Å². The fourth-order valence-electron chi connectivity index (χ4n) is 2.36. The van der Waals surface area contributed by atoms with Gasteiger partial charge in [-0.05, 0) is 58.3 Å². The summed E-state index contributed by atoms with van der Waals surface area (Å²) in [4.78, 5) is 2.40. The van der Waals surface area contributed by atoms with Crippen molar-refractivity contribution in [3.05, 3.63) is 0 Å². The van der Waals surface area contributed by atoms with Gasteiger partial charge in [-0.15, -0.1) is 0 Å². The van der Waals surface area contributed by atoms with E-state index in [1.165, 1.54) is 32.4 Å². The smallest absolute Gasteiger partial charge is 0.00947 e. The van der Waals surface area contributed by atoms with Crippen LogP contribution in [0.2, 0.25) is 0 Å². The normalized spacial score (nSPS) is 24.9. The molecule has 0 amide bonds. The molecule has 0 aromatic heterocycles. The van der Waals surface area contributed by atoms with Gasteiger partial charge in [-0.3, -0.25) is 0 Å². The molecule has 0 saturated carbocycles. The van der Waals surface area contributed by atoms with Gasteiger partial charge in [0.05, 0.1) is 0 Å². The first-order valence-corrected chi connectivity index (χ1v) is 5.96. The Morgan fingerprint density at radius 2 is 2.07 bits per heavy atom. The van der Waals surface area contributed by atoms with Crippen molar-refractivity contribution in [3.63, 3.8) is 0 Å². The van der Waals surface area contributed by atoms with E-state index in [2.05, 4.69) is 38.2 Å². The molecule has 2 nitrogen and oxygen atoms in total. The highest BCUT2D eigenvalue weighted by molar-refractivity contribution is 4.78. The maximum absolute atomic E-state index is 3.45. The van der Waals surface area contributed by atoms with E-state index >= 15 is 0 Å². The van der Waals surface area contributed by atoms with E-state index in [0.717, 1.165) is 17.9 Å². The van der Waals surface area contributed by atoms with E-state index in [-0.39, 0.29) is 0 Å². The molecular weight excluding hydrogens is 172 g/mol. The summed E-state index contributed by atoms with van der Waals surface area (Å²) in [6, 6.07) is 0.778. The third kappa shape index (κ3) is 3.97. The highest BCUT2D eigenvalue weighted by atomic mass is 15.1. The molecule has 0 spiro atoms. The molecule has 0 radical (unpaired) electrons. The van der Waals surface area contributed by atoms with Gasteiger partial charge in [-0.25, -0.2) is 0 Å². The Labute approximate surface area is 89.1 Å². The quantitative estimate of drug-likeness (QED) is 0.726. The Hall–Kier alpha value is -0.0800. The molecule has 0 aromatic rings. The van der Waals surface area contributed by atoms with Crippen LogP contribution in [-0.2, 0) is 0 Å². The molecule has 1 aliphatic rings. The van der Waals surface area contributed by atoms with Gasteiger partial charge in [0.15, 0.2) is 0 Å². The first-order chi connectivity index (χ1) is 6.59. The summed E-state index contributed by atoms with van der Waals surface area (Å²) in [5.41, 5.74) is 0. The summed E-state index contributed by atoms with van der Waals surface area (Å²) in [5, 5.41) is 3.45. The second-order valence-corrected chi connectivity index (χ2v) is 5.34. The number of hydrogen-bond donors (Lipinski definition) is 1. The average Bonchev–Trinajstić information content (AvgIpc) is 2.54. The van der Waals surface area contributed by atoms with E-state index in [4.69, 9.17) is 0 Å². The molecule has 0 aliphatic carbocycles. The minimum atomic E-state index is 0.778. The summed E-state index contributed by atoms with van der Waals surface area (Å²) >= 11 is 0. The fourth-order valence-corrected chi connectivity index (χ4v) is 2.36. The van der Waals surface area contributed by atoms with Crippen LogP contribution in [0.1, 0.15) is 33.1 Å². The van der Waals surface area contributed by atoms with Gasteiger partial charge in [0.2, 0.25) is 0 Å². The predicted octanol–water partition coefficient (Wildman–Crippen LogP) is 1.96. The third-order valence-corrected chi connectivity index (χ3v) is 3.24. The van der Waals surface area contributed by atoms with Crippen molar-refractivity contribution >= 4 is 0 Å². The minimum Gasteiger partial charge on any atom is -0.316 e. The Morgan fingerprint density at radius 3 is 2.50 bits per heavy atom. The van der Waals surface area contributed by atoms with Gasteiger partial charge in [0.1, 0.15) is 0 Å². The molecule has 14 heavy (non-hydrogen) atoms. The second-order valence-electron chi connectivity index (χ2n) is 5.34. The molecule has 2 atom stereocenters. The molecule has 0 bridgehead atoms. The molecule has 2 unspecified atom stereocenters. The van der Waals surface area contributed by atoms with Crippen LogP contribution in [0, 0.1) is 11.8 Å². The standard InChI is InChI=1S/C12H26N2/c1-10(2)7-12(14(3)4)8-11-5-6-13-9-11/h10-13H,5-9H2,1-4H3. The van der Waals surface area contributed by atoms with Crippen LogP contribution in [0.5, 0.6) is 0 Å². The van der Waals surface area contributed by atoms with Crippen LogP contribution in [-0.4, -0.2) is 38.1 Å². The van der Waals surface area contributed by atoms with Crippen molar-refractivity contribution in [2.75, 3.05) is 27.2 Å². The second kappa shape index (κ2) is 5.72. The average molecular weight is 198 g/mol. The molecule has 1 aliphatic heterocycles. The first kappa shape index (κ1) is 12.0. The van der Waals surface area contributed by atoms with E-state index in [0.29, 0.717) is 0 Å². The maximum atomic E-state index is 3.45. The van der Waals surface area contributed by atoms with Crippen molar-refractivity contribution in [2.24, 2.45) is 11.8 Å². The van der Waals surface area contributed by atoms with Gasteiger partial charge in [0, 0.05) is 6.04 Å². The van der Waals surface area contributed by atoms with Crippen molar-refractivity contribution in [1.29, 1.82) is 0 Å². The highest BCUT2D eigenvalue weighted by Crippen LogP contribution is 2.21. The predicted molar refractivity (Wildman–Crippen MR) is 62.5 cm³/mol. The summed E-state index contributed by atoms with van der Waals surface area (Å²) in [5.74, 6) is 1.73. The minimum absolute atomic E-state index is 0.778. The molecule has 84 valence electrons. The molecule has 0 aromatic carbocycles. The van der Waals surface area contributed by atoms with Crippen molar-refractivity contribution < 1.29 is 0 Å². The lowest BCUT2D eigenvalue weighted by Crippen LogP contribution is -2.32. The Bertz CT molecular complexity index is 148.